The highest BCUT2D eigenvalue weighted by atomic mass is 79.9. The smallest absolute Gasteiger partial charge is 0.478 e. The molecule has 110 heavy (non-hydrogen) atoms. The number of aliphatic hydroxyl groups is 1. The number of aliphatic hydroxyl groups excluding tert-OH is 1. The van der Waals surface area contributed by atoms with Crippen LogP contribution in [0.25, 0.3) is 5.57 Å². The number of aromatic carboxylic acids is 1. The molecule has 0 bridgehead atoms. The standard InChI is InChI=1S/C17H24N2O4.C17H22N2O4.C16H28BNO4.C16H24N2O3.C7H6BrNO2.C6H4BrNO2/c2*1-17(2,3)23-16(21)19-10-7-12(8-11-19)14-13(15(20)22-4)6-5-9-18-14;1-14(2,3)20-13(19)18-10-8-12(9-11-18)17-21-15(4,5)16(6,7)22-17;1-16(2,3)21-15(20)18-9-6-12(7-10-18)14-13(11-19)5-4-8-17-14;1-11-7(10)5-3-2-4-9-6(5)8;7-5-4(6(9)10)2-1-3-8-5/h5-6,9,12H,7-8,10-11H2,1-4H3;5-7,9H,8,10-11H2,1-4H3;8H,9-11H2,1-7H3;4-5,8,12,19H,6-7,9-11H2,1-3H3;2-4H,1H3;1-3H,(H,9,10). The molecule has 0 saturated carbocycles. The fourth-order valence-electron chi connectivity index (χ4n) is 11.2. The number of methoxy groups -OCH3 is 3. The molecule has 10 rings (SSSR count). The third-order valence-corrected chi connectivity index (χ3v) is 18.7. The molecular formula is C79H108BBr2N9O19. The Morgan fingerprint density at radius 1 is 0.473 bits per heavy atom. The summed E-state index contributed by atoms with van der Waals surface area (Å²) in [6.07, 6.45) is 15.6. The summed E-state index contributed by atoms with van der Waals surface area (Å²) in [5.41, 5.74) is 4.23. The van der Waals surface area contributed by atoms with Crippen molar-refractivity contribution in [3.8, 4) is 0 Å². The summed E-state index contributed by atoms with van der Waals surface area (Å²) < 4.78 is 48.7. The predicted octanol–water partition coefficient (Wildman–Crippen LogP) is 14.9. The summed E-state index contributed by atoms with van der Waals surface area (Å²) in [4.78, 5) is 121. The highest BCUT2D eigenvalue weighted by Crippen LogP contribution is 2.40. The number of pyridine rings is 5. The molecule has 5 aliphatic rings. The van der Waals surface area contributed by atoms with Crippen LogP contribution in [-0.2, 0) is 49.1 Å². The molecule has 31 heteroatoms. The fourth-order valence-corrected chi connectivity index (χ4v) is 12.0. The number of amides is 4. The van der Waals surface area contributed by atoms with Gasteiger partial charge in [0.1, 0.15) is 31.6 Å². The molecule has 0 aliphatic carbocycles. The van der Waals surface area contributed by atoms with Crippen molar-refractivity contribution in [3.05, 3.63) is 163 Å². The third-order valence-electron chi connectivity index (χ3n) is 17.4. The van der Waals surface area contributed by atoms with Gasteiger partial charge in [-0.05, 0) is 252 Å². The molecule has 600 valence electrons. The zero-order valence-electron chi connectivity index (χ0n) is 66.8. The maximum atomic E-state index is 12.1. The van der Waals surface area contributed by atoms with Crippen LogP contribution in [-0.4, -0.2) is 217 Å². The van der Waals surface area contributed by atoms with E-state index in [-0.39, 0.29) is 72.7 Å². The molecule has 3 fully saturated rings. The first-order valence-electron chi connectivity index (χ1n) is 36.2. The van der Waals surface area contributed by atoms with Crippen LogP contribution in [0.4, 0.5) is 19.2 Å². The van der Waals surface area contributed by atoms with Crippen molar-refractivity contribution < 1.29 is 91.0 Å². The van der Waals surface area contributed by atoms with Crippen molar-refractivity contribution >= 4 is 92.8 Å². The first-order chi connectivity index (χ1) is 51.4. The number of carboxylic acids is 1. The number of nitrogens with zero attached hydrogens (tertiary/aromatic N) is 9. The van der Waals surface area contributed by atoms with Crippen LogP contribution in [0.3, 0.4) is 0 Å². The average molecular weight is 1660 g/mol. The first kappa shape index (κ1) is 91.7. The minimum absolute atomic E-state index is 0.00938. The number of hydrogen-bond acceptors (Lipinski definition) is 23. The van der Waals surface area contributed by atoms with Crippen molar-refractivity contribution in [3.63, 3.8) is 0 Å². The van der Waals surface area contributed by atoms with E-state index < -0.39 is 34.3 Å². The van der Waals surface area contributed by atoms with Gasteiger partial charge in [0, 0.05) is 101 Å². The molecule has 5 aromatic rings. The van der Waals surface area contributed by atoms with Crippen LogP contribution in [0.5, 0.6) is 0 Å². The third kappa shape index (κ3) is 29.1. The highest BCUT2D eigenvalue weighted by Gasteiger charge is 2.52. The summed E-state index contributed by atoms with van der Waals surface area (Å²) in [5, 5.41) is 17.9. The molecule has 3 saturated heterocycles. The molecule has 0 unspecified atom stereocenters. The van der Waals surface area contributed by atoms with Crippen LogP contribution in [0.1, 0.15) is 225 Å². The van der Waals surface area contributed by atoms with Crippen molar-refractivity contribution in [1.82, 2.24) is 44.5 Å². The van der Waals surface area contributed by atoms with Crippen molar-refractivity contribution in [2.24, 2.45) is 0 Å². The Morgan fingerprint density at radius 2 is 0.827 bits per heavy atom. The zero-order chi connectivity index (χ0) is 82.1. The average Bonchev–Trinajstić information content (AvgIpc) is 1.62. The summed E-state index contributed by atoms with van der Waals surface area (Å²) in [6, 6.07) is 17.0. The number of rotatable bonds is 9. The van der Waals surface area contributed by atoms with Gasteiger partial charge in [0.05, 0.1) is 72.8 Å². The lowest BCUT2D eigenvalue weighted by molar-refractivity contribution is 0.00578. The molecule has 0 spiro atoms. The van der Waals surface area contributed by atoms with Gasteiger partial charge in [-0.3, -0.25) is 15.0 Å². The SMILES string of the molecule is CC(C)(C)OC(=O)N1CC=C(B2OC(C)(C)C(C)(C)O2)CC1.CC(C)(C)OC(=O)N1CCC(c2ncccc2CO)CC1.COC(=O)c1cccnc1Br.COC(=O)c1cccnc1C1=CCN(C(=O)OC(C)(C)C)CC1.COC(=O)c1cccnc1C1CCN(C(=O)OC(C)(C)C)CC1.O=C(O)c1cccnc1Br. The Labute approximate surface area is 663 Å². The van der Waals surface area contributed by atoms with E-state index in [1.807, 2.05) is 135 Å². The van der Waals surface area contributed by atoms with Gasteiger partial charge in [-0.25, -0.2) is 48.3 Å². The topological polar surface area (TPSA) is 338 Å². The lowest BCUT2D eigenvalue weighted by Gasteiger charge is -2.33. The number of halogens is 2. The predicted molar refractivity (Wildman–Crippen MR) is 420 cm³/mol. The normalized spacial score (nSPS) is 16.3. The van der Waals surface area contributed by atoms with Crippen LogP contribution in [0.15, 0.2) is 118 Å². The van der Waals surface area contributed by atoms with Crippen LogP contribution >= 0.6 is 31.9 Å². The minimum atomic E-state index is -0.972. The summed E-state index contributed by atoms with van der Waals surface area (Å²) in [7, 11) is 3.73. The monoisotopic (exact) mass is 1660 g/mol. The second-order valence-corrected chi connectivity index (χ2v) is 32.4. The van der Waals surface area contributed by atoms with Crippen molar-refractivity contribution in [2.75, 3.05) is 73.7 Å². The summed E-state index contributed by atoms with van der Waals surface area (Å²) in [6.45, 7) is 35.2. The zero-order valence-corrected chi connectivity index (χ0v) is 69.9. The van der Waals surface area contributed by atoms with Gasteiger partial charge in [-0.1, -0.05) is 18.2 Å². The van der Waals surface area contributed by atoms with Crippen LogP contribution in [0.2, 0.25) is 0 Å². The van der Waals surface area contributed by atoms with Gasteiger partial charge in [0.15, 0.2) is 0 Å². The Kier molecular flexibility index (Phi) is 34.5. The van der Waals surface area contributed by atoms with Crippen molar-refractivity contribution in [2.45, 2.75) is 201 Å². The van der Waals surface area contributed by atoms with Gasteiger partial charge >= 0.3 is 55.4 Å². The summed E-state index contributed by atoms with van der Waals surface area (Å²) >= 11 is 6.13. The minimum Gasteiger partial charge on any atom is -0.478 e. The summed E-state index contributed by atoms with van der Waals surface area (Å²) in [5.74, 6) is -1.70. The maximum absolute atomic E-state index is 12.1. The molecule has 5 aromatic heterocycles. The second-order valence-electron chi connectivity index (χ2n) is 30.9. The molecule has 0 radical (unpaired) electrons. The Balaban J connectivity index is 0.000000242. The van der Waals surface area contributed by atoms with E-state index in [0.29, 0.717) is 96.3 Å². The van der Waals surface area contributed by atoms with Gasteiger partial charge in [-0.2, -0.15) is 0 Å². The number of piperidine rings is 2. The molecule has 2 N–H and O–H groups in total. The molecule has 4 amide bonds. The van der Waals surface area contributed by atoms with Crippen molar-refractivity contribution in [1.29, 1.82) is 0 Å². The number of likely N-dealkylation sites (tertiary alicyclic amines) is 2. The lowest BCUT2D eigenvalue weighted by Crippen LogP contribution is -2.41. The van der Waals surface area contributed by atoms with Gasteiger partial charge in [0.25, 0.3) is 0 Å². The Morgan fingerprint density at radius 3 is 1.21 bits per heavy atom. The molecule has 0 aromatic carbocycles. The van der Waals surface area contributed by atoms with Gasteiger partial charge in [-0.15, -0.1) is 0 Å². The molecule has 5 aliphatic heterocycles. The Bertz CT molecular complexity index is 3990. The highest BCUT2D eigenvalue weighted by molar-refractivity contribution is 9.10. The first-order valence-corrected chi connectivity index (χ1v) is 37.8. The molecule has 0 atom stereocenters. The number of ether oxygens (including phenoxy) is 7. The lowest BCUT2D eigenvalue weighted by atomic mass is 9.75. The number of carbonyl (C=O) groups excluding carboxylic acids is 7. The molecule has 10 heterocycles. The second kappa shape index (κ2) is 41.4. The number of carbonyl (C=O) groups is 8. The maximum Gasteiger partial charge on any atom is 0.490 e. The van der Waals surface area contributed by atoms with E-state index in [4.69, 9.17) is 42.8 Å². The van der Waals surface area contributed by atoms with E-state index in [2.05, 4.69) is 61.5 Å². The van der Waals surface area contributed by atoms with E-state index in [0.717, 1.165) is 60.1 Å². The van der Waals surface area contributed by atoms with Gasteiger partial charge in [0.2, 0.25) is 0 Å². The largest absolute Gasteiger partial charge is 0.490 e. The molecular weight excluding hydrogens is 1550 g/mol. The van der Waals surface area contributed by atoms with E-state index in [1.54, 1.807) is 86.9 Å². The Hall–Kier alpha value is -8.91. The van der Waals surface area contributed by atoms with Crippen LogP contribution < -0.4 is 0 Å². The van der Waals surface area contributed by atoms with Crippen LogP contribution in [0, 0.1) is 0 Å². The number of aromatic nitrogens is 5. The van der Waals surface area contributed by atoms with Gasteiger partial charge < -0.3 is 72.3 Å². The fraction of sp³-hybridized carbons (Fsp3) is 0.532. The number of carboxylic acid groups (broad SMARTS) is 1. The van der Waals surface area contributed by atoms with E-state index >= 15 is 0 Å². The number of hydrogen-bond donors (Lipinski definition) is 2. The molecule has 28 nitrogen and oxygen atoms in total. The van der Waals surface area contributed by atoms with E-state index in [1.165, 1.54) is 33.6 Å². The quantitative estimate of drug-likeness (QED) is 0.0599. The van der Waals surface area contributed by atoms with E-state index in [9.17, 15) is 43.5 Å². The number of esters is 3.